The lowest BCUT2D eigenvalue weighted by atomic mass is 10.1. The Hall–Kier alpha value is -1.09. The van der Waals surface area contributed by atoms with E-state index in [4.69, 9.17) is 9.84 Å². The second-order valence-corrected chi connectivity index (χ2v) is 4.42. The van der Waals surface area contributed by atoms with Crippen molar-refractivity contribution in [2.24, 2.45) is 5.10 Å². The van der Waals surface area contributed by atoms with Crippen LogP contribution in [-0.2, 0) is 4.74 Å². The molecule has 16 heavy (non-hydrogen) atoms. The average Bonchev–Trinajstić information content (AvgIpc) is 2.90. The van der Waals surface area contributed by atoms with E-state index < -0.39 is 0 Å². The maximum atomic E-state index is 5.23. The highest BCUT2D eigenvalue weighted by Gasteiger charge is 2.23. The maximum Gasteiger partial charge on any atom is 0.0704 e. The van der Waals surface area contributed by atoms with Gasteiger partial charge in [-0.15, -0.1) is 0 Å². The fourth-order valence-corrected chi connectivity index (χ4v) is 2.29. The van der Waals surface area contributed by atoms with E-state index in [1.807, 2.05) is 0 Å². The van der Waals surface area contributed by atoms with Crippen LogP contribution in [0.1, 0.15) is 26.2 Å². The molecule has 1 heterocycles. The van der Waals surface area contributed by atoms with Crippen LogP contribution in [0.25, 0.3) is 0 Å². The Bertz CT molecular complexity index is 331. The lowest BCUT2D eigenvalue weighted by Gasteiger charge is -2.21. The topological polar surface area (TPSA) is 24.8 Å². The monoisotopic (exact) mass is 220 g/mol. The van der Waals surface area contributed by atoms with Crippen LogP contribution >= 0.6 is 0 Å². The summed E-state index contributed by atoms with van der Waals surface area (Å²) in [7, 11) is 1.76. The van der Waals surface area contributed by atoms with Crippen LogP contribution < -0.4 is 0 Å². The van der Waals surface area contributed by atoms with E-state index in [0.29, 0.717) is 6.04 Å². The molecule has 0 bridgehead atoms. The van der Waals surface area contributed by atoms with Crippen molar-refractivity contribution in [2.75, 3.05) is 20.3 Å². The summed E-state index contributed by atoms with van der Waals surface area (Å²) in [5.74, 6) is 0. The molecule has 0 N–H and O–H groups in total. The van der Waals surface area contributed by atoms with Gasteiger partial charge in [-0.2, -0.15) is 5.10 Å². The van der Waals surface area contributed by atoms with Gasteiger partial charge in [-0.05, 0) is 31.8 Å². The molecule has 1 saturated heterocycles. The molecule has 0 saturated carbocycles. The van der Waals surface area contributed by atoms with Gasteiger partial charge in [0.2, 0.25) is 0 Å². The Morgan fingerprint density at radius 3 is 3.19 bits per heavy atom. The fraction of sp³-hybridized carbons (Fsp3) is 0.615. The minimum Gasteiger partial charge on any atom is -0.382 e. The SMILES string of the molecule is COCC1CCCN1/N=C(\C)C1=CC=CC1. The van der Waals surface area contributed by atoms with Gasteiger partial charge in [0, 0.05) is 13.7 Å². The molecule has 0 amide bonds. The summed E-state index contributed by atoms with van der Waals surface area (Å²) >= 11 is 0. The van der Waals surface area contributed by atoms with E-state index in [1.165, 1.54) is 18.4 Å². The number of rotatable bonds is 4. The summed E-state index contributed by atoms with van der Waals surface area (Å²) in [6.45, 7) is 3.95. The van der Waals surface area contributed by atoms with Crippen LogP contribution in [0.2, 0.25) is 0 Å². The molecule has 1 aliphatic heterocycles. The summed E-state index contributed by atoms with van der Waals surface area (Å²) in [5.41, 5.74) is 2.48. The van der Waals surface area contributed by atoms with Gasteiger partial charge in [-0.3, -0.25) is 5.01 Å². The van der Waals surface area contributed by atoms with Crippen molar-refractivity contribution in [1.82, 2.24) is 5.01 Å². The molecule has 1 atom stereocenters. The number of hydrogen-bond acceptors (Lipinski definition) is 3. The molecule has 0 spiro atoms. The van der Waals surface area contributed by atoms with E-state index >= 15 is 0 Å². The van der Waals surface area contributed by atoms with Gasteiger partial charge >= 0.3 is 0 Å². The normalized spacial score (nSPS) is 25.4. The number of hydrogen-bond donors (Lipinski definition) is 0. The zero-order valence-electron chi connectivity index (χ0n) is 10.1. The number of ether oxygens (including phenoxy) is 1. The summed E-state index contributed by atoms with van der Waals surface area (Å²) in [6.07, 6.45) is 9.87. The minimum atomic E-state index is 0.468. The average molecular weight is 220 g/mol. The summed E-state index contributed by atoms with van der Waals surface area (Å²) in [4.78, 5) is 0. The molecule has 0 aromatic heterocycles. The first kappa shape index (κ1) is 11.4. The predicted molar refractivity (Wildman–Crippen MR) is 66.6 cm³/mol. The molecule has 3 heteroatoms. The zero-order chi connectivity index (χ0) is 11.4. The van der Waals surface area contributed by atoms with Crippen molar-refractivity contribution >= 4 is 5.71 Å². The van der Waals surface area contributed by atoms with Crippen molar-refractivity contribution < 1.29 is 4.74 Å². The van der Waals surface area contributed by atoms with E-state index in [0.717, 1.165) is 25.3 Å². The van der Waals surface area contributed by atoms with E-state index in [-0.39, 0.29) is 0 Å². The van der Waals surface area contributed by atoms with Gasteiger partial charge in [-0.25, -0.2) is 0 Å². The van der Waals surface area contributed by atoms with Gasteiger partial charge in [0.05, 0.1) is 18.4 Å². The van der Waals surface area contributed by atoms with Gasteiger partial charge < -0.3 is 4.74 Å². The third-order valence-electron chi connectivity index (χ3n) is 3.22. The smallest absolute Gasteiger partial charge is 0.0704 e. The molecule has 0 aromatic carbocycles. The first-order valence-electron chi connectivity index (χ1n) is 5.98. The molecular formula is C13H20N2O. The molecule has 1 unspecified atom stereocenters. The molecular weight excluding hydrogens is 200 g/mol. The number of allylic oxidation sites excluding steroid dienone is 4. The molecule has 1 fully saturated rings. The summed E-state index contributed by atoms with van der Waals surface area (Å²) < 4.78 is 5.23. The highest BCUT2D eigenvalue weighted by Crippen LogP contribution is 2.20. The molecule has 0 radical (unpaired) electrons. The lowest BCUT2D eigenvalue weighted by molar-refractivity contribution is 0.118. The third-order valence-corrected chi connectivity index (χ3v) is 3.22. The van der Waals surface area contributed by atoms with Crippen molar-refractivity contribution in [2.45, 2.75) is 32.2 Å². The second-order valence-electron chi connectivity index (χ2n) is 4.42. The molecule has 2 aliphatic rings. The van der Waals surface area contributed by atoms with Gasteiger partial charge in [0.15, 0.2) is 0 Å². The standard InChI is InChI=1S/C13H20N2O/c1-11(12-6-3-4-7-12)14-15-9-5-8-13(15)10-16-2/h3-4,6,13H,5,7-10H2,1-2H3/b14-11+. The highest BCUT2D eigenvalue weighted by molar-refractivity contribution is 5.99. The maximum absolute atomic E-state index is 5.23. The Labute approximate surface area is 97.5 Å². The Morgan fingerprint density at radius 1 is 1.62 bits per heavy atom. The van der Waals surface area contributed by atoms with Crippen LogP contribution in [0, 0.1) is 0 Å². The van der Waals surface area contributed by atoms with E-state index in [2.05, 4.69) is 30.2 Å². The van der Waals surface area contributed by atoms with Crippen LogP contribution in [-0.4, -0.2) is 37.0 Å². The third kappa shape index (κ3) is 2.53. The second kappa shape index (κ2) is 5.30. The minimum absolute atomic E-state index is 0.468. The molecule has 88 valence electrons. The number of methoxy groups -OCH3 is 1. The van der Waals surface area contributed by atoms with Crippen molar-refractivity contribution in [3.8, 4) is 0 Å². The van der Waals surface area contributed by atoms with E-state index in [9.17, 15) is 0 Å². The van der Waals surface area contributed by atoms with Gasteiger partial charge in [0.1, 0.15) is 0 Å². The highest BCUT2D eigenvalue weighted by atomic mass is 16.5. The Balaban J connectivity index is 1.99. The zero-order valence-corrected chi connectivity index (χ0v) is 10.1. The summed E-state index contributed by atoms with van der Waals surface area (Å²) in [6, 6.07) is 0.468. The molecule has 2 rings (SSSR count). The number of nitrogens with zero attached hydrogens (tertiary/aromatic N) is 2. The van der Waals surface area contributed by atoms with Crippen molar-refractivity contribution in [3.05, 3.63) is 23.8 Å². The fourth-order valence-electron chi connectivity index (χ4n) is 2.29. The lowest BCUT2D eigenvalue weighted by Crippen LogP contribution is -2.29. The molecule has 1 aliphatic carbocycles. The van der Waals surface area contributed by atoms with Crippen LogP contribution in [0.15, 0.2) is 28.9 Å². The van der Waals surface area contributed by atoms with Gasteiger partial charge in [0.25, 0.3) is 0 Å². The summed E-state index contributed by atoms with van der Waals surface area (Å²) in [5, 5.41) is 6.91. The van der Waals surface area contributed by atoms with Crippen molar-refractivity contribution in [3.63, 3.8) is 0 Å². The largest absolute Gasteiger partial charge is 0.382 e. The van der Waals surface area contributed by atoms with Crippen molar-refractivity contribution in [1.29, 1.82) is 0 Å². The molecule has 0 aromatic rings. The van der Waals surface area contributed by atoms with Crippen LogP contribution in [0.3, 0.4) is 0 Å². The first-order chi connectivity index (χ1) is 7.81. The van der Waals surface area contributed by atoms with Crippen LogP contribution in [0.5, 0.6) is 0 Å². The van der Waals surface area contributed by atoms with Gasteiger partial charge in [-0.1, -0.05) is 18.2 Å². The quantitative estimate of drug-likeness (QED) is 0.679. The molecule has 3 nitrogen and oxygen atoms in total. The first-order valence-corrected chi connectivity index (χ1v) is 5.98. The van der Waals surface area contributed by atoms with E-state index in [1.54, 1.807) is 7.11 Å². The Morgan fingerprint density at radius 2 is 2.50 bits per heavy atom. The van der Waals surface area contributed by atoms with Crippen LogP contribution in [0.4, 0.5) is 0 Å². The Kier molecular flexibility index (Phi) is 3.78. The number of hydrazone groups is 1. The predicted octanol–water partition coefficient (Wildman–Crippen LogP) is 2.36.